The Kier molecular flexibility index (Phi) is 5.08. The van der Waals surface area contributed by atoms with Gasteiger partial charge in [0.25, 0.3) is 5.91 Å². The van der Waals surface area contributed by atoms with Gasteiger partial charge in [0.1, 0.15) is 0 Å². The molecule has 1 aliphatic heterocycles. The average Bonchev–Trinajstić information content (AvgIpc) is 2.87. The minimum atomic E-state index is -3.18. The molecule has 2 aromatic carbocycles. The van der Waals surface area contributed by atoms with Gasteiger partial charge in [-0.2, -0.15) is 0 Å². The zero-order valence-electron chi connectivity index (χ0n) is 14.3. The van der Waals surface area contributed by atoms with Crippen LogP contribution in [0.1, 0.15) is 16.8 Å². The van der Waals surface area contributed by atoms with Crippen LogP contribution in [0.25, 0.3) is 0 Å². The number of nitrogens with zero attached hydrogens (tertiary/aromatic N) is 2. The first-order valence-electron chi connectivity index (χ1n) is 8.34. The minimum absolute atomic E-state index is 0.0647. The summed E-state index contributed by atoms with van der Waals surface area (Å²) < 4.78 is 23.1. The Morgan fingerprint density at radius 2 is 1.56 bits per heavy atom. The van der Waals surface area contributed by atoms with Crippen LogP contribution in [0.15, 0.2) is 59.5 Å². The van der Waals surface area contributed by atoms with Crippen molar-refractivity contribution in [1.29, 1.82) is 0 Å². The number of carbonyl (C=O) groups is 1. The Labute approximate surface area is 148 Å². The first-order valence-corrected chi connectivity index (χ1v) is 10.2. The van der Waals surface area contributed by atoms with Gasteiger partial charge in [-0.25, -0.2) is 8.42 Å². The molecule has 5 nitrogen and oxygen atoms in total. The van der Waals surface area contributed by atoms with E-state index in [2.05, 4.69) is 4.90 Å². The highest BCUT2D eigenvalue weighted by Crippen LogP contribution is 2.20. The van der Waals surface area contributed by atoms with Gasteiger partial charge < -0.3 is 9.80 Å². The third-order valence-electron chi connectivity index (χ3n) is 4.43. The predicted molar refractivity (Wildman–Crippen MR) is 98.7 cm³/mol. The molecule has 0 aliphatic carbocycles. The van der Waals surface area contributed by atoms with Gasteiger partial charge in [-0.3, -0.25) is 4.79 Å². The number of hydrogen-bond donors (Lipinski definition) is 0. The minimum Gasteiger partial charge on any atom is -0.370 e. The molecular weight excluding hydrogens is 336 g/mol. The number of anilines is 1. The van der Waals surface area contributed by atoms with E-state index in [4.69, 9.17) is 0 Å². The summed E-state index contributed by atoms with van der Waals surface area (Å²) in [5.41, 5.74) is 1.70. The zero-order chi connectivity index (χ0) is 17.9. The van der Waals surface area contributed by atoms with Crippen LogP contribution >= 0.6 is 0 Å². The SMILES string of the molecule is CS(=O)(=O)c1ccc(N2CCCN(C(=O)c3ccccc3)CC2)cc1. The highest BCUT2D eigenvalue weighted by molar-refractivity contribution is 7.90. The van der Waals surface area contributed by atoms with E-state index < -0.39 is 9.84 Å². The Bertz CT molecular complexity index is 833. The van der Waals surface area contributed by atoms with E-state index in [1.54, 1.807) is 12.1 Å². The fourth-order valence-corrected chi connectivity index (χ4v) is 3.68. The summed E-state index contributed by atoms with van der Waals surface area (Å²) in [4.78, 5) is 17.0. The molecule has 0 aromatic heterocycles. The fourth-order valence-electron chi connectivity index (χ4n) is 3.05. The molecule has 3 rings (SSSR count). The summed E-state index contributed by atoms with van der Waals surface area (Å²) in [5.74, 6) is 0.0647. The molecule has 1 fully saturated rings. The molecule has 0 saturated carbocycles. The van der Waals surface area contributed by atoms with E-state index in [1.807, 2.05) is 47.4 Å². The van der Waals surface area contributed by atoms with Crippen molar-refractivity contribution >= 4 is 21.4 Å². The maximum atomic E-state index is 12.6. The number of sulfone groups is 1. The van der Waals surface area contributed by atoms with E-state index in [0.717, 1.165) is 31.7 Å². The molecule has 0 bridgehead atoms. The second-order valence-electron chi connectivity index (χ2n) is 6.26. The topological polar surface area (TPSA) is 57.7 Å². The second-order valence-corrected chi connectivity index (χ2v) is 8.28. The van der Waals surface area contributed by atoms with Crippen molar-refractivity contribution in [3.8, 4) is 0 Å². The molecule has 132 valence electrons. The first kappa shape index (κ1) is 17.5. The van der Waals surface area contributed by atoms with E-state index in [1.165, 1.54) is 6.26 Å². The maximum Gasteiger partial charge on any atom is 0.253 e. The van der Waals surface area contributed by atoms with Gasteiger partial charge >= 0.3 is 0 Å². The number of benzene rings is 2. The van der Waals surface area contributed by atoms with Gasteiger partial charge in [-0.1, -0.05) is 18.2 Å². The van der Waals surface area contributed by atoms with Gasteiger partial charge in [0, 0.05) is 43.7 Å². The summed E-state index contributed by atoms with van der Waals surface area (Å²) in [6.07, 6.45) is 2.09. The lowest BCUT2D eigenvalue weighted by Gasteiger charge is -2.24. The summed E-state index contributed by atoms with van der Waals surface area (Å²) in [6.45, 7) is 2.96. The molecule has 6 heteroatoms. The molecule has 0 unspecified atom stereocenters. The van der Waals surface area contributed by atoms with E-state index >= 15 is 0 Å². The zero-order valence-corrected chi connectivity index (χ0v) is 15.1. The molecule has 0 N–H and O–H groups in total. The van der Waals surface area contributed by atoms with Crippen LogP contribution in [0.4, 0.5) is 5.69 Å². The van der Waals surface area contributed by atoms with Gasteiger partial charge in [-0.15, -0.1) is 0 Å². The van der Waals surface area contributed by atoms with E-state index in [9.17, 15) is 13.2 Å². The second kappa shape index (κ2) is 7.27. The summed E-state index contributed by atoms with van der Waals surface area (Å²) in [6, 6.07) is 16.3. The Morgan fingerprint density at radius 1 is 0.880 bits per heavy atom. The van der Waals surface area contributed by atoms with Gasteiger partial charge in [0.05, 0.1) is 4.90 Å². The molecule has 1 amide bonds. The van der Waals surface area contributed by atoms with Crippen LogP contribution < -0.4 is 4.90 Å². The Balaban J connectivity index is 1.68. The summed E-state index contributed by atoms with van der Waals surface area (Å²) in [5, 5.41) is 0. The lowest BCUT2D eigenvalue weighted by molar-refractivity contribution is 0.0767. The van der Waals surface area contributed by atoms with Crippen molar-refractivity contribution in [2.45, 2.75) is 11.3 Å². The normalized spacial score (nSPS) is 15.7. The van der Waals surface area contributed by atoms with Crippen molar-refractivity contribution in [1.82, 2.24) is 4.90 Å². The van der Waals surface area contributed by atoms with E-state index in [0.29, 0.717) is 17.0 Å². The van der Waals surface area contributed by atoms with Crippen LogP contribution in [0.5, 0.6) is 0 Å². The molecule has 25 heavy (non-hydrogen) atoms. The average molecular weight is 358 g/mol. The first-order chi connectivity index (χ1) is 11.9. The van der Waals surface area contributed by atoms with Crippen molar-refractivity contribution in [2.75, 3.05) is 37.3 Å². The smallest absolute Gasteiger partial charge is 0.253 e. The predicted octanol–water partition coefficient (Wildman–Crippen LogP) is 2.44. The van der Waals surface area contributed by atoms with Crippen LogP contribution in [0, 0.1) is 0 Å². The third kappa shape index (κ3) is 4.20. The van der Waals surface area contributed by atoms with E-state index in [-0.39, 0.29) is 5.91 Å². The number of rotatable bonds is 3. The highest BCUT2D eigenvalue weighted by atomic mass is 32.2. The van der Waals surface area contributed by atoms with Crippen molar-refractivity contribution < 1.29 is 13.2 Å². The van der Waals surface area contributed by atoms with Crippen LogP contribution in [-0.4, -0.2) is 51.7 Å². The molecule has 2 aromatic rings. The summed E-state index contributed by atoms with van der Waals surface area (Å²) in [7, 11) is -3.18. The standard InChI is InChI=1S/C19H22N2O3S/c1-25(23,24)18-10-8-17(9-11-18)20-12-5-13-21(15-14-20)19(22)16-6-3-2-4-7-16/h2-4,6-11H,5,12-15H2,1H3. The van der Waals surface area contributed by atoms with Crippen LogP contribution in [0.2, 0.25) is 0 Å². The number of carbonyl (C=O) groups excluding carboxylic acids is 1. The third-order valence-corrected chi connectivity index (χ3v) is 5.56. The lowest BCUT2D eigenvalue weighted by Crippen LogP contribution is -2.35. The van der Waals surface area contributed by atoms with Gasteiger partial charge in [-0.05, 0) is 42.8 Å². The van der Waals surface area contributed by atoms with Crippen LogP contribution in [-0.2, 0) is 9.84 Å². The van der Waals surface area contributed by atoms with Gasteiger partial charge in [0.2, 0.25) is 0 Å². The van der Waals surface area contributed by atoms with Crippen molar-refractivity contribution in [3.05, 3.63) is 60.2 Å². The fraction of sp³-hybridized carbons (Fsp3) is 0.316. The molecule has 1 aliphatic rings. The monoisotopic (exact) mass is 358 g/mol. The molecule has 1 heterocycles. The Hall–Kier alpha value is -2.34. The highest BCUT2D eigenvalue weighted by Gasteiger charge is 2.20. The molecular formula is C19H22N2O3S. The number of hydrogen-bond acceptors (Lipinski definition) is 4. The Morgan fingerprint density at radius 3 is 2.20 bits per heavy atom. The summed E-state index contributed by atoms with van der Waals surface area (Å²) >= 11 is 0. The number of amides is 1. The largest absolute Gasteiger partial charge is 0.370 e. The van der Waals surface area contributed by atoms with Crippen molar-refractivity contribution in [3.63, 3.8) is 0 Å². The van der Waals surface area contributed by atoms with Crippen molar-refractivity contribution in [2.24, 2.45) is 0 Å². The molecule has 1 saturated heterocycles. The molecule has 0 spiro atoms. The maximum absolute atomic E-state index is 12.6. The quantitative estimate of drug-likeness (QED) is 0.846. The van der Waals surface area contributed by atoms with Gasteiger partial charge in [0.15, 0.2) is 9.84 Å². The van der Waals surface area contributed by atoms with Crippen LogP contribution in [0.3, 0.4) is 0 Å². The molecule has 0 radical (unpaired) electrons. The molecule has 0 atom stereocenters. The lowest BCUT2D eigenvalue weighted by atomic mass is 10.2.